The third-order valence-corrected chi connectivity index (χ3v) is 13.8. The quantitative estimate of drug-likeness (QED) is 0.158. The smallest absolute Gasteiger partial charge is 0.271 e. The third kappa shape index (κ3) is 25.7. The Morgan fingerprint density at radius 2 is 0.284 bits per heavy atom. The van der Waals surface area contributed by atoms with Gasteiger partial charge in [-0.2, -0.15) is 0 Å². The first kappa shape index (κ1) is 58.3. The van der Waals surface area contributed by atoms with Crippen LogP contribution in [0.4, 0.5) is 0 Å². The van der Waals surface area contributed by atoms with Gasteiger partial charge in [-0.1, -0.05) is 146 Å². The van der Waals surface area contributed by atoms with E-state index in [1.54, 1.807) is 0 Å². The van der Waals surface area contributed by atoms with E-state index >= 15 is 0 Å². The van der Waals surface area contributed by atoms with Gasteiger partial charge in [-0.05, 0) is 140 Å². The van der Waals surface area contributed by atoms with Crippen molar-refractivity contribution in [2.45, 2.75) is 39.2 Å². The molecular formula is C48H44Cl2CuN4O8S4. The maximum atomic E-state index is 8.49. The number of hydrogen-bond donors (Lipinski definition) is 4. The summed E-state index contributed by atoms with van der Waals surface area (Å²) in [6.07, 6.45) is 0. The zero-order chi connectivity index (χ0) is 48.2. The summed E-state index contributed by atoms with van der Waals surface area (Å²) in [5.41, 5.74) is 0. The number of halogens is 2. The van der Waals surface area contributed by atoms with Crippen molar-refractivity contribution in [3.8, 4) is 0 Å². The van der Waals surface area contributed by atoms with E-state index in [-0.39, 0.29) is 17.1 Å². The molecule has 0 heterocycles. The molecule has 0 fully saturated rings. The van der Waals surface area contributed by atoms with Crippen molar-refractivity contribution in [2.75, 3.05) is 0 Å². The predicted octanol–water partition coefficient (Wildman–Crippen LogP) is 4.43. The van der Waals surface area contributed by atoms with Gasteiger partial charge in [-0.3, -0.25) is 19.1 Å². The van der Waals surface area contributed by atoms with Crippen LogP contribution in [0.2, 0.25) is 0 Å². The van der Waals surface area contributed by atoms with E-state index in [1.807, 2.05) is 243 Å². The van der Waals surface area contributed by atoms with E-state index < -0.39 is 63.3 Å². The molecule has 8 aromatic rings. The molecule has 0 amide bonds. The molecule has 353 valence electrons. The topological polar surface area (TPSA) is 280 Å². The molecule has 0 saturated carbocycles. The van der Waals surface area contributed by atoms with Crippen molar-refractivity contribution >= 4 is 42.8 Å². The van der Waals surface area contributed by atoms with Gasteiger partial charge in [-0.25, -0.2) is 37.3 Å². The van der Waals surface area contributed by atoms with Gasteiger partial charge >= 0.3 is 17.1 Å². The number of nitrogens with one attached hydrogen (secondary N) is 4. The van der Waals surface area contributed by atoms with Crippen molar-refractivity contribution < 1.29 is 74.8 Å². The van der Waals surface area contributed by atoms with Crippen LogP contribution >= 0.6 is 0 Å². The molecule has 8 rings (SSSR count). The molecule has 0 aliphatic carbocycles. The minimum Gasteiger partial charge on any atom is -0.271 e. The minimum atomic E-state index is -4.94. The van der Waals surface area contributed by atoms with Crippen molar-refractivity contribution in [1.82, 2.24) is 0 Å². The van der Waals surface area contributed by atoms with Gasteiger partial charge in [0.1, 0.15) is 0 Å². The second-order valence-electron chi connectivity index (χ2n) is 12.5. The molecule has 0 bridgehead atoms. The molecule has 0 atom stereocenters. The number of hydrogen-bond acceptors (Lipinski definition) is 12. The van der Waals surface area contributed by atoms with Crippen LogP contribution in [0, 0.1) is 39.6 Å². The van der Waals surface area contributed by atoms with E-state index in [1.165, 1.54) is 0 Å². The van der Waals surface area contributed by atoms with E-state index in [2.05, 4.69) is 0 Å². The molecule has 0 saturated heterocycles. The molecule has 0 aliphatic rings. The van der Waals surface area contributed by atoms with Crippen molar-refractivity contribution in [3.05, 3.63) is 243 Å². The Bertz CT molecular complexity index is 2100. The Morgan fingerprint density at radius 1 is 0.209 bits per heavy atom. The predicted molar refractivity (Wildman–Crippen MR) is 238 cm³/mol. The van der Waals surface area contributed by atoms with E-state index in [9.17, 15) is 0 Å². The fourth-order valence-electron chi connectivity index (χ4n) is 5.00. The van der Waals surface area contributed by atoms with Crippen LogP contribution in [0.25, 0.3) is 0 Å². The number of benzene rings is 8. The summed E-state index contributed by atoms with van der Waals surface area (Å²) >= 11 is 0. The minimum absolute atomic E-state index is 0. The average molecular weight is 1070 g/mol. The molecular weight excluding hydrogens is 1020 g/mol. The maximum absolute atomic E-state index is 8.49. The first-order chi connectivity index (χ1) is 31.5. The van der Waals surface area contributed by atoms with Crippen LogP contribution in [-0.2, 0) is 59.8 Å². The van der Waals surface area contributed by atoms with E-state index in [0.717, 1.165) is 39.2 Å². The van der Waals surface area contributed by atoms with Gasteiger partial charge in [0.25, 0.3) is 0 Å². The van der Waals surface area contributed by atoms with Gasteiger partial charge in [0.2, 0.25) is 0 Å². The summed E-state index contributed by atoms with van der Waals surface area (Å²) in [7, 11) is -12.1. The second kappa shape index (κ2) is 32.0. The zero-order valence-electron chi connectivity index (χ0n) is 35.1. The maximum Gasteiger partial charge on any atom is 2.00 e. The summed E-state index contributed by atoms with van der Waals surface area (Å²) in [5, 5.41) is 0. The Balaban J connectivity index is 0.000000286. The Labute approximate surface area is 415 Å². The van der Waals surface area contributed by atoms with Crippen LogP contribution in [0.1, 0.15) is 0 Å². The standard InChI is InChI=1S/4C12H11NS.2ClHO4.Cu/c4*13-14(11-7-3-1-4-8-11)12-9-5-2-6-10-12;2*2-1(3,4)5;/h4*1-10,13H;2*(H,2,3,4,5);/q;;;;;;+2/p-2. The molecule has 0 unspecified atom stereocenters. The first-order valence-corrected chi connectivity index (χ1v) is 26.3. The van der Waals surface area contributed by atoms with Gasteiger partial charge < -0.3 is 0 Å². The summed E-state index contributed by atoms with van der Waals surface area (Å²) in [6.45, 7) is 0. The summed E-state index contributed by atoms with van der Waals surface area (Å²) in [5.74, 6) is 0. The summed E-state index contributed by atoms with van der Waals surface area (Å²) in [6, 6.07) is 79.5. The van der Waals surface area contributed by atoms with Gasteiger partial charge in [0, 0.05) is 39.2 Å². The van der Waals surface area contributed by atoms with Crippen LogP contribution in [0.5, 0.6) is 0 Å². The van der Waals surface area contributed by atoms with E-state index in [4.69, 9.17) is 56.4 Å². The van der Waals surface area contributed by atoms with Crippen LogP contribution in [-0.4, -0.2) is 0 Å². The fourth-order valence-corrected chi connectivity index (χ4v) is 9.52. The van der Waals surface area contributed by atoms with Gasteiger partial charge in [0.15, 0.2) is 0 Å². The molecule has 4 N–H and O–H groups in total. The Kier molecular flexibility index (Phi) is 27.8. The fraction of sp³-hybridized carbons (Fsp3) is 0. The molecule has 1 radical (unpaired) electrons. The Morgan fingerprint density at radius 3 is 0.358 bits per heavy atom. The van der Waals surface area contributed by atoms with Crippen molar-refractivity contribution in [1.29, 1.82) is 19.1 Å². The molecule has 0 spiro atoms. The monoisotopic (exact) mass is 1070 g/mol. The second-order valence-corrected chi connectivity index (χ2v) is 20.2. The SMILES string of the molecule is N=S(c1ccccc1)c1ccccc1.N=S(c1ccccc1)c1ccccc1.N=S(c1ccccc1)c1ccccc1.N=S(c1ccccc1)c1ccccc1.[Cu+2].[O-][Cl+3]([O-])([O-])[O-].[O-][Cl+3]([O-])([O-])[O-]. The van der Waals surface area contributed by atoms with Crippen molar-refractivity contribution in [3.63, 3.8) is 0 Å². The number of rotatable bonds is 8. The summed E-state index contributed by atoms with van der Waals surface area (Å²) < 4.78 is 100. The van der Waals surface area contributed by atoms with Crippen molar-refractivity contribution in [2.24, 2.45) is 0 Å². The van der Waals surface area contributed by atoms with Gasteiger partial charge in [-0.15, -0.1) is 20.5 Å². The van der Waals surface area contributed by atoms with Crippen LogP contribution in [0.3, 0.4) is 0 Å². The molecule has 19 heteroatoms. The first-order valence-electron chi connectivity index (χ1n) is 19.0. The molecule has 12 nitrogen and oxygen atoms in total. The molecule has 0 aromatic heterocycles. The molecule has 8 aromatic carbocycles. The molecule has 0 aliphatic heterocycles. The Hall–Kier alpha value is -4.86. The normalized spacial score (nSPS) is 10.4. The van der Waals surface area contributed by atoms with Crippen LogP contribution in [0.15, 0.2) is 282 Å². The average Bonchev–Trinajstić information content (AvgIpc) is 3.35. The van der Waals surface area contributed by atoms with Crippen LogP contribution < -0.4 is 37.3 Å². The third-order valence-electron chi connectivity index (χ3n) is 7.83. The summed E-state index contributed by atoms with van der Waals surface area (Å²) in [4.78, 5) is 8.55. The largest absolute Gasteiger partial charge is 2.00 e. The zero-order valence-corrected chi connectivity index (χ0v) is 40.8. The van der Waals surface area contributed by atoms with Gasteiger partial charge in [0.05, 0.1) is 0 Å². The molecule has 67 heavy (non-hydrogen) atoms. The van der Waals surface area contributed by atoms with E-state index in [0.29, 0.717) is 0 Å².